The molecule has 0 amide bonds. The highest BCUT2D eigenvalue weighted by molar-refractivity contribution is 5.43. The van der Waals surface area contributed by atoms with Gasteiger partial charge in [0.1, 0.15) is 11.6 Å². The summed E-state index contributed by atoms with van der Waals surface area (Å²) in [6, 6.07) is 8.39. The molecule has 0 unspecified atom stereocenters. The van der Waals surface area contributed by atoms with Gasteiger partial charge in [0.25, 0.3) is 0 Å². The van der Waals surface area contributed by atoms with Crippen molar-refractivity contribution < 1.29 is 0 Å². The van der Waals surface area contributed by atoms with E-state index in [1.165, 1.54) is 11.3 Å². The van der Waals surface area contributed by atoms with Crippen LogP contribution in [0.4, 0.5) is 0 Å². The zero-order valence-corrected chi connectivity index (χ0v) is 8.07. The van der Waals surface area contributed by atoms with Crippen molar-refractivity contribution in [2.24, 2.45) is 0 Å². The largest absolute Gasteiger partial charge is 0.217 e. The van der Waals surface area contributed by atoms with E-state index in [1.54, 1.807) is 0 Å². The summed E-state index contributed by atoms with van der Waals surface area (Å²) in [5, 5.41) is 4.40. The molecule has 0 N–H and O–H groups in total. The number of fused-ring (bicyclic) bond motifs is 3. The minimum absolute atomic E-state index is 0.858. The summed E-state index contributed by atoms with van der Waals surface area (Å²) in [6.45, 7) is 1.94. The number of hydrogen-bond donors (Lipinski definition) is 0. The summed E-state index contributed by atoms with van der Waals surface area (Å²) in [5.41, 5.74) is 2.55. The molecule has 1 aromatic heterocycles. The Kier molecular flexibility index (Phi) is 1.48. The molecule has 70 valence electrons. The summed E-state index contributed by atoms with van der Waals surface area (Å²) >= 11 is 0. The van der Waals surface area contributed by atoms with Crippen molar-refractivity contribution in [2.75, 3.05) is 0 Å². The van der Waals surface area contributed by atoms with Crippen LogP contribution in [0.2, 0.25) is 0 Å². The molecular weight excluding hydrogens is 174 g/mol. The molecule has 2 heterocycles. The second-order valence-electron chi connectivity index (χ2n) is 3.62. The van der Waals surface area contributed by atoms with E-state index in [-0.39, 0.29) is 0 Å². The number of nitrogens with zero attached hydrogens (tertiary/aromatic N) is 3. The quantitative estimate of drug-likeness (QED) is 0.625. The van der Waals surface area contributed by atoms with Gasteiger partial charge in [0, 0.05) is 6.42 Å². The maximum atomic E-state index is 4.40. The van der Waals surface area contributed by atoms with Gasteiger partial charge in [-0.15, -0.1) is 0 Å². The lowest BCUT2D eigenvalue weighted by molar-refractivity contribution is 0.721. The van der Waals surface area contributed by atoms with E-state index in [1.807, 2.05) is 17.7 Å². The second kappa shape index (κ2) is 2.67. The van der Waals surface area contributed by atoms with Crippen molar-refractivity contribution in [1.82, 2.24) is 14.8 Å². The molecule has 0 saturated carbocycles. The van der Waals surface area contributed by atoms with Crippen molar-refractivity contribution in [2.45, 2.75) is 19.8 Å². The van der Waals surface area contributed by atoms with Crippen molar-refractivity contribution in [3.63, 3.8) is 0 Å². The fourth-order valence-electron chi connectivity index (χ4n) is 1.99. The van der Waals surface area contributed by atoms with Crippen molar-refractivity contribution in [3.8, 4) is 5.69 Å². The Morgan fingerprint density at radius 1 is 1.21 bits per heavy atom. The molecule has 0 atom stereocenters. The van der Waals surface area contributed by atoms with Gasteiger partial charge in [-0.3, -0.25) is 0 Å². The maximum Gasteiger partial charge on any atom is 0.148 e. The van der Waals surface area contributed by atoms with E-state index < -0.39 is 0 Å². The average Bonchev–Trinajstić information content (AvgIpc) is 2.59. The van der Waals surface area contributed by atoms with Crippen LogP contribution >= 0.6 is 0 Å². The first-order valence-corrected chi connectivity index (χ1v) is 4.85. The topological polar surface area (TPSA) is 30.7 Å². The van der Waals surface area contributed by atoms with Gasteiger partial charge in [0.15, 0.2) is 0 Å². The molecular formula is C11H11N3. The highest BCUT2D eigenvalue weighted by Gasteiger charge is 2.17. The van der Waals surface area contributed by atoms with Gasteiger partial charge in [0.2, 0.25) is 0 Å². The lowest BCUT2D eigenvalue weighted by Crippen LogP contribution is -2.13. The molecule has 0 radical (unpaired) electrons. The van der Waals surface area contributed by atoms with E-state index in [4.69, 9.17) is 0 Å². The minimum atomic E-state index is 0.858. The van der Waals surface area contributed by atoms with Gasteiger partial charge >= 0.3 is 0 Å². The molecule has 0 bridgehead atoms. The van der Waals surface area contributed by atoms with Gasteiger partial charge in [-0.1, -0.05) is 18.2 Å². The van der Waals surface area contributed by atoms with Crippen LogP contribution < -0.4 is 0 Å². The number of rotatable bonds is 0. The first-order valence-electron chi connectivity index (χ1n) is 4.85. The minimum Gasteiger partial charge on any atom is -0.217 e. The molecule has 1 aliphatic heterocycles. The van der Waals surface area contributed by atoms with Gasteiger partial charge in [-0.25, -0.2) is 9.67 Å². The first kappa shape index (κ1) is 7.74. The average molecular weight is 185 g/mol. The predicted octanol–water partition coefficient (Wildman–Crippen LogP) is 1.67. The normalized spacial score (nSPS) is 13.5. The Bertz CT molecular complexity index is 485. The fourth-order valence-corrected chi connectivity index (χ4v) is 1.99. The second-order valence-corrected chi connectivity index (χ2v) is 3.62. The molecule has 3 nitrogen and oxygen atoms in total. The van der Waals surface area contributed by atoms with Crippen LogP contribution in [0, 0.1) is 6.92 Å². The lowest BCUT2D eigenvalue weighted by atomic mass is 10.0. The molecule has 1 aromatic carbocycles. The summed E-state index contributed by atoms with van der Waals surface area (Å²) < 4.78 is 1.97. The van der Waals surface area contributed by atoms with E-state index >= 15 is 0 Å². The van der Waals surface area contributed by atoms with E-state index in [0.29, 0.717) is 0 Å². The van der Waals surface area contributed by atoms with Crippen LogP contribution in [0.3, 0.4) is 0 Å². The first-order chi connectivity index (χ1) is 6.84. The van der Waals surface area contributed by atoms with E-state index in [9.17, 15) is 0 Å². The maximum absolute atomic E-state index is 4.40. The molecule has 0 fully saturated rings. The Labute approximate surface area is 82.4 Å². The number of aryl methyl sites for hydroxylation is 3. The molecule has 3 heteroatoms. The molecule has 14 heavy (non-hydrogen) atoms. The molecule has 0 saturated heterocycles. The fraction of sp³-hybridized carbons (Fsp3) is 0.273. The SMILES string of the molecule is Cc1nc2n(n1)-c1ccccc1CC2. The Hall–Kier alpha value is -1.64. The van der Waals surface area contributed by atoms with Crippen LogP contribution in [0.1, 0.15) is 17.2 Å². The summed E-state index contributed by atoms with van der Waals surface area (Å²) in [6.07, 6.45) is 2.08. The Morgan fingerprint density at radius 3 is 3.00 bits per heavy atom. The van der Waals surface area contributed by atoms with Crippen molar-refractivity contribution in [1.29, 1.82) is 0 Å². The number of para-hydroxylation sites is 1. The molecule has 0 spiro atoms. The summed E-state index contributed by atoms with van der Waals surface area (Å²) in [7, 11) is 0. The lowest BCUT2D eigenvalue weighted by Gasteiger charge is -2.15. The van der Waals surface area contributed by atoms with Crippen LogP contribution in [-0.2, 0) is 12.8 Å². The zero-order chi connectivity index (χ0) is 9.54. The van der Waals surface area contributed by atoms with Crippen LogP contribution in [0.5, 0.6) is 0 Å². The Balaban J connectivity index is 2.28. The highest BCUT2D eigenvalue weighted by atomic mass is 15.4. The smallest absolute Gasteiger partial charge is 0.148 e. The summed E-state index contributed by atoms with van der Waals surface area (Å²) in [4.78, 5) is 4.40. The van der Waals surface area contributed by atoms with Crippen molar-refractivity contribution in [3.05, 3.63) is 41.5 Å². The summed E-state index contributed by atoms with van der Waals surface area (Å²) in [5.74, 6) is 1.94. The van der Waals surface area contributed by atoms with Gasteiger partial charge < -0.3 is 0 Å². The molecule has 2 aromatic rings. The van der Waals surface area contributed by atoms with Crippen LogP contribution in [0.25, 0.3) is 5.69 Å². The van der Waals surface area contributed by atoms with Crippen LogP contribution in [-0.4, -0.2) is 14.8 Å². The highest BCUT2D eigenvalue weighted by Crippen LogP contribution is 2.22. The van der Waals surface area contributed by atoms with Crippen LogP contribution in [0.15, 0.2) is 24.3 Å². The zero-order valence-electron chi connectivity index (χ0n) is 8.07. The third kappa shape index (κ3) is 0.985. The molecule has 1 aliphatic rings. The standard InChI is InChI=1S/C11H11N3/c1-8-12-11-7-6-9-4-2-3-5-10(9)14(11)13-8/h2-5H,6-7H2,1H3. The van der Waals surface area contributed by atoms with Gasteiger partial charge in [-0.2, -0.15) is 5.10 Å². The number of hydrogen-bond acceptors (Lipinski definition) is 2. The van der Waals surface area contributed by atoms with Crippen molar-refractivity contribution >= 4 is 0 Å². The Morgan fingerprint density at radius 2 is 2.07 bits per heavy atom. The third-order valence-corrected chi connectivity index (χ3v) is 2.62. The third-order valence-electron chi connectivity index (χ3n) is 2.62. The molecule has 0 aliphatic carbocycles. The predicted molar refractivity (Wildman–Crippen MR) is 53.5 cm³/mol. The number of aromatic nitrogens is 3. The van der Waals surface area contributed by atoms with Gasteiger partial charge in [-0.05, 0) is 25.0 Å². The van der Waals surface area contributed by atoms with Gasteiger partial charge in [0.05, 0.1) is 5.69 Å². The van der Waals surface area contributed by atoms with E-state index in [2.05, 4.69) is 28.3 Å². The van der Waals surface area contributed by atoms with E-state index in [0.717, 1.165) is 24.5 Å². The monoisotopic (exact) mass is 185 g/mol. The molecule has 3 rings (SSSR count). The number of benzene rings is 1.